The van der Waals surface area contributed by atoms with Crippen LogP contribution in [0, 0.1) is 0 Å². The van der Waals surface area contributed by atoms with E-state index in [1.54, 1.807) is 0 Å². The third kappa shape index (κ3) is 6.50. The molecule has 0 unspecified atom stereocenters. The Morgan fingerprint density at radius 2 is 1.70 bits per heavy atom. The van der Waals surface area contributed by atoms with Crippen molar-refractivity contribution >= 4 is 12.4 Å². The maximum atomic E-state index is 12.0. The second-order valence-corrected chi connectivity index (χ2v) is 7.92. The molecule has 0 bridgehead atoms. The molecule has 23 heavy (non-hydrogen) atoms. The smallest absolute Gasteiger partial charge is 0.407 e. The van der Waals surface area contributed by atoms with Crippen molar-refractivity contribution in [2.45, 2.75) is 89.8 Å². The van der Waals surface area contributed by atoms with Crippen LogP contribution >= 0.6 is 0 Å². The number of carbonyl (C=O) groups is 2. The van der Waals surface area contributed by atoms with Gasteiger partial charge < -0.3 is 14.8 Å². The topological polar surface area (TPSA) is 58.6 Å². The van der Waals surface area contributed by atoms with Gasteiger partial charge in [-0.3, -0.25) is 4.90 Å². The van der Waals surface area contributed by atoms with E-state index in [9.17, 15) is 9.59 Å². The largest absolute Gasteiger partial charge is 0.446 e. The fraction of sp³-hybridized carbons (Fsp3) is 0.889. The number of alkyl carbamates (subject to hydrolysis) is 1. The molecule has 1 N–H and O–H groups in total. The highest BCUT2D eigenvalue weighted by molar-refractivity contribution is 5.67. The molecule has 1 fully saturated rings. The van der Waals surface area contributed by atoms with Gasteiger partial charge in [0.15, 0.2) is 0 Å². The monoisotopic (exact) mass is 326 g/mol. The molecular weight excluding hydrogens is 292 g/mol. The fourth-order valence-electron chi connectivity index (χ4n) is 3.45. The van der Waals surface area contributed by atoms with Gasteiger partial charge >= 0.3 is 6.09 Å². The van der Waals surface area contributed by atoms with Gasteiger partial charge in [-0.15, -0.1) is 0 Å². The second kappa shape index (κ2) is 8.67. The van der Waals surface area contributed by atoms with E-state index in [1.165, 1.54) is 0 Å². The van der Waals surface area contributed by atoms with Crippen molar-refractivity contribution in [2.24, 2.45) is 0 Å². The summed E-state index contributed by atoms with van der Waals surface area (Å²) in [5.41, 5.74) is 0.0382. The molecule has 0 spiro atoms. The van der Waals surface area contributed by atoms with Crippen molar-refractivity contribution in [1.82, 2.24) is 10.2 Å². The zero-order valence-electron chi connectivity index (χ0n) is 15.5. The molecule has 0 aliphatic carbocycles. The first kappa shape index (κ1) is 19.9. The number of nitrogens with one attached hydrogen (secondary N) is 1. The van der Waals surface area contributed by atoms with Crippen LogP contribution in [0.25, 0.3) is 0 Å². The highest BCUT2D eigenvalue weighted by Gasteiger charge is 2.44. The number of carbonyl (C=O) groups excluding carboxylic acids is 2. The van der Waals surface area contributed by atoms with E-state index in [1.807, 2.05) is 0 Å². The van der Waals surface area contributed by atoms with Gasteiger partial charge in [0.25, 0.3) is 0 Å². The minimum absolute atomic E-state index is 0.0191. The van der Waals surface area contributed by atoms with Crippen molar-refractivity contribution < 1.29 is 14.3 Å². The highest BCUT2D eigenvalue weighted by atomic mass is 16.6. The van der Waals surface area contributed by atoms with Gasteiger partial charge in [-0.25, -0.2) is 4.79 Å². The Bertz CT molecular complexity index is 376. The molecular formula is C18H34N2O3. The molecule has 134 valence electrons. The van der Waals surface area contributed by atoms with Crippen LogP contribution in [0.1, 0.15) is 72.6 Å². The Kier molecular flexibility index (Phi) is 7.52. The summed E-state index contributed by atoms with van der Waals surface area (Å²) in [6, 6.07) is 0. The van der Waals surface area contributed by atoms with Gasteiger partial charge in [0.1, 0.15) is 12.4 Å². The van der Waals surface area contributed by atoms with Crippen molar-refractivity contribution in [3.05, 3.63) is 0 Å². The van der Waals surface area contributed by atoms with Crippen LogP contribution in [-0.4, -0.2) is 48.1 Å². The van der Waals surface area contributed by atoms with Crippen molar-refractivity contribution in [1.29, 1.82) is 0 Å². The lowest BCUT2D eigenvalue weighted by molar-refractivity contribution is -0.107. The quantitative estimate of drug-likeness (QED) is 0.548. The number of nitrogens with zero attached hydrogens (tertiary/aromatic N) is 1. The number of hydrogen-bond donors (Lipinski definition) is 1. The zero-order valence-corrected chi connectivity index (χ0v) is 15.5. The van der Waals surface area contributed by atoms with Gasteiger partial charge in [-0.2, -0.15) is 0 Å². The molecule has 5 nitrogen and oxygen atoms in total. The van der Waals surface area contributed by atoms with Crippen LogP contribution in [0.2, 0.25) is 0 Å². The average molecular weight is 326 g/mol. The van der Waals surface area contributed by atoms with Crippen molar-refractivity contribution in [3.8, 4) is 0 Å². The first-order chi connectivity index (χ1) is 10.7. The molecule has 1 aliphatic heterocycles. The minimum atomic E-state index is -0.306. The van der Waals surface area contributed by atoms with E-state index in [0.29, 0.717) is 13.0 Å². The second-order valence-electron chi connectivity index (χ2n) is 7.92. The van der Waals surface area contributed by atoms with E-state index in [2.05, 4.69) is 45.0 Å². The van der Waals surface area contributed by atoms with E-state index in [-0.39, 0.29) is 23.3 Å². The molecule has 0 aromatic heterocycles. The van der Waals surface area contributed by atoms with Crippen LogP contribution in [0.3, 0.4) is 0 Å². The van der Waals surface area contributed by atoms with E-state index < -0.39 is 0 Å². The summed E-state index contributed by atoms with van der Waals surface area (Å²) in [7, 11) is 2.14. The Balaban J connectivity index is 2.28. The first-order valence-corrected chi connectivity index (χ1v) is 8.81. The molecule has 0 saturated carbocycles. The Hall–Kier alpha value is -1.10. The molecule has 1 amide bonds. The van der Waals surface area contributed by atoms with Gasteiger partial charge in [0.2, 0.25) is 0 Å². The molecule has 0 radical (unpaired) electrons. The number of ether oxygens (including phenoxy) is 1. The summed E-state index contributed by atoms with van der Waals surface area (Å²) in [4.78, 5) is 24.5. The number of aldehydes is 1. The minimum Gasteiger partial charge on any atom is -0.446 e. The number of unbranched alkanes of at least 4 members (excludes halogenated alkanes) is 4. The molecule has 5 heteroatoms. The molecule has 1 heterocycles. The van der Waals surface area contributed by atoms with Gasteiger partial charge in [-0.1, -0.05) is 12.8 Å². The SMILES string of the molecule is CN1C(C)(C)CC(OC(=O)NCCCCCCC=O)CC1(C)C. The predicted octanol–water partition coefficient (Wildman–Crippen LogP) is 3.51. The molecule has 1 aliphatic rings. The summed E-state index contributed by atoms with van der Waals surface area (Å²) < 4.78 is 5.63. The lowest BCUT2D eigenvalue weighted by Crippen LogP contribution is -2.60. The molecule has 0 aromatic carbocycles. The summed E-state index contributed by atoms with van der Waals surface area (Å²) >= 11 is 0. The fourth-order valence-corrected chi connectivity index (χ4v) is 3.45. The number of rotatable bonds is 8. The Labute approximate surface area is 141 Å². The molecule has 0 aromatic rings. The third-order valence-electron chi connectivity index (χ3n) is 5.06. The number of piperidine rings is 1. The Morgan fingerprint density at radius 3 is 2.26 bits per heavy atom. The molecule has 0 atom stereocenters. The maximum Gasteiger partial charge on any atom is 0.407 e. The summed E-state index contributed by atoms with van der Waals surface area (Å²) in [5.74, 6) is 0. The van der Waals surface area contributed by atoms with Gasteiger partial charge in [-0.05, 0) is 47.6 Å². The number of likely N-dealkylation sites (tertiary alicyclic amines) is 1. The average Bonchev–Trinajstić information content (AvgIpc) is 2.43. The summed E-state index contributed by atoms with van der Waals surface area (Å²) in [6.07, 6.45) is 6.89. The normalized spacial score (nSPS) is 20.9. The van der Waals surface area contributed by atoms with Crippen LogP contribution in [-0.2, 0) is 9.53 Å². The molecule has 1 saturated heterocycles. The van der Waals surface area contributed by atoms with Gasteiger partial charge in [0.05, 0.1) is 0 Å². The van der Waals surface area contributed by atoms with Crippen LogP contribution < -0.4 is 5.32 Å². The van der Waals surface area contributed by atoms with Gasteiger partial charge in [0, 0.05) is 36.9 Å². The van der Waals surface area contributed by atoms with E-state index in [4.69, 9.17) is 4.74 Å². The zero-order chi connectivity index (χ0) is 17.5. The summed E-state index contributed by atoms with van der Waals surface area (Å²) in [5, 5.41) is 2.84. The summed E-state index contributed by atoms with van der Waals surface area (Å²) in [6.45, 7) is 9.42. The maximum absolute atomic E-state index is 12.0. The lowest BCUT2D eigenvalue weighted by Gasteiger charge is -2.53. The standard InChI is InChI=1S/C18H34N2O3/c1-17(2)13-15(14-18(3,4)20(17)5)23-16(22)19-11-9-7-6-8-10-12-21/h12,15H,6-11,13-14H2,1-5H3,(H,19,22). The highest BCUT2D eigenvalue weighted by Crippen LogP contribution is 2.38. The van der Waals surface area contributed by atoms with Crippen LogP contribution in [0.4, 0.5) is 4.79 Å². The van der Waals surface area contributed by atoms with Crippen molar-refractivity contribution in [3.63, 3.8) is 0 Å². The number of amides is 1. The van der Waals surface area contributed by atoms with E-state index >= 15 is 0 Å². The molecule has 1 rings (SSSR count). The third-order valence-corrected chi connectivity index (χ3v) is 5.06. The number of hydrogen-bond acceptors (Lipinski definition) is 4. The first-order valence-electron chi connectivity index (χ1n) is 8.81. The Morgan fingerprint density at radius 1 is 1.13 bits per heavy atom. The van der Waals surface area contributed by atoms with E-state index in [0.717, 1.165) is 44.8 Å². The lowest BCUT2D eigenvalue weighted by atomic mass is 9.79. The van der Waals surface area contributed by atoms with Crippen molar-refractivity contribution in [2.75, 3.05) is 13.6 Å². The van der Waals surface area contributed by atoms with Crippen LogP contribution in [0.5, 0.6) is 0 Å². The van der Waals surface area contributed by atoms with Crippen LogP contribution in [0.15, 0.2) is 0 Å². The predicted molar refractivity (Wildman–Crippen MR) is 92.6 cm³/mol.